The van der Waals surface area contributed by atoms with Crippen LogP contribution in [0.5, 0.6) is 5.75 Å². The van der Waals surface area contributed by atoms with Crippen molar-refractivity contribution >= 4 is 0 Å². The summed E-state index contributed by atoms with van der Waals surface area (Å²) in [6.07, 6.45) is 0.911. The molecule has 0 spiro atoms. The van der Waals surface area contributed by atoms with Crippen molar-refractivity contribution in [3.8, 4) is 5.75 Å². The largest absolute Gasteiger partial charge is 0.465 e. The second-order valence-corrected chi connectivity index (χ2v) is 3.45. The third-order valence-electron chi connectivity index (χ3n) is 1.77. The normalized spacial score (nSPS) is 12.9. The predicted molar refractivity (Wildman–Crippen MR) is 57.4 cm³/mol. The van der Waals surface area contributed by atoms with Crippen LogP contribution in [-0.2, 0) is 4.74 Å². The highest BCUT2D eigenvalue weighted by molar-refractivity contribution is 5.20. The second kappa shape index (κ2) is 5.66. The van der Waals surface area contributed by atoms with Gasteiger partial charge in [0.15, 0.2) is 6.29 Å². The Balaban J connectivity index is 2.48. The second-order valence-electron chi connectivity index (χ2n) is 3.45. The minimum Gasteiger partial charge on any atom is -0.465 e. The van der Waals surface area contributed by atoms with Gasteiger partial charge in [-0.05, 0) is 26.0 Å². The number of hydrogen-bond acceptors (Lipinski definition) is 2. The summed E-state index contributed by atoms with van der Waals surface area (Å²) in [6, 6.07) is 9.75. The van der Waals surface area contributed by atoms with Gasteiger partial charge in [-0.1, -0.05) is 25.1 Å². The summed E-state index contributed by atoms with van der Waals surface area (Å²) < 4.78 is 11.2. The topological polar surface area (TPSA) is 18.5 Å². The Hall–Kier alpha value is -1.02. The minimum absolute atomic E-state index is 0.141. The van der Waals surface area contributed by atoms with E-state index in [9.17, 15) is 0 Å². The molecule has 0 aliphatic rings. The molecular formula is C12H18O2. The quantitative estimate of drug-likeness (QED) is 0.670. The number of rotatable bonds is 5. The first-order valence-electron chi connectivity index (χ1n) is 5.09. The minimum atomic E-state index is -0.141. The van der Waals surface area contributed by atoms with Crippen LogP contribution in [-0.4, -0.2) is 12.4 Å². The van der Waals surface area contributed by atoms with Gasteiger partial charge in [0, 0.05) is 6.42 Å². The fourth-order valence-corrected chi connectivity index (χ4v) is 1.16. The smallest absolute Gasteiger partial charge is 0.199 e. The molecule has 1 unspecified atom stereocenters. The summed E-state index contributed by atoms with van der Waals surface area (Å²) in [4.78, 5) is 0. The van der Waals surface area contributed by atoms with Gasteiger partial charge in [0.2, 0.25) is 0 Å². The van der Waals surface area contributed by atoms with Crippen LogP contribution in [0, 0.1) is 0 Å². The lowest BCUT2D eigenvalue weighted by atomic mass is 10.3. The van der Waals surface area contributed by atoms with Gasteiger partial charge in [-0.25, -0.2) is 0 Å². The van der Waals surface area contributed by atoms with Crippen LogP contribution in [0.4, 0.5) is 0 Å². The highest BCUT2D eigenvalue weighted by atomic mass is 16.7. The fourth-order valence-electron chi connectivity index (χ4n) is 1.16. The van der Waals surface area contributed by atoms with E-state index in [0.717, 1.165) is 12.2 Å². The van der Waals surface area contributed by atoms with E-state index in [1.807, 2.05) is 44.2 Å². The summed E-state index contributed by atoms with van der Waals surface area (Å²) in [5.41, 5.74) is 0. The fraction of sp³-hybridized carbons (Fsp3) is 0.500. The zero-order valence-electron chi connectivity index (χ0n) is 9.07. The highest BCUT2D eigenvalue weighted by Gasteiger charge is 2.09. The molecule has 0 heterocycles. The van der Waals surface area contributed by atoms with Crippen molar-refractivity contribution < 1.29 is 9.47 Å². The first-order chi connectivity index (χ1) is 6.72. The van der Waals surface area contributed by atoms with Crippen LogP contribution in [0.2, 0.25) is 0 Å². The van der Waals surface area contributed by atoms with E-state index < -0.39 is 0 Å². The zero-order chi connectivity index (χ0) is 10.4. The molecule has 14 heavy (non-hydrogen) atoms. The van der Waals surface area contributed by atoms with E-state index in [0.29, 0.717) is 0 Å². The molecule has 2 nitrogen and oxygen atoms in total. The maximum absolute atomic E-state index is 5.65. The Bertz CT molecular complexity index is 244. The molecule has 0 aliphatic heterocycles. The van der Waals surface area contributed by atoms with E-state index in [1.54, 1.807) is 0 Å². The highest BCUT2D eigenvalue weighted by Crippen LogP contribution is 2.13. The molecular weight excluding hydrogens is 176 g/mol. The van der Waals surface area contributed by atoms with E-state index in [-0.39, 0.29) is 12.4 Å². The lowest BCUT2D eigenvalue weighted by Crippen LogP contribution is -2.23. The molecule has 2 heteroatoms. The summed E-state index contributed by atoms with van der Waals surface area (Å²) >= 11 is 0. The van der Waals surface area contributed by atoms with E-state index >= 15 is 0 Å². The predicted octanol–water partition coefficient (Wildman–Crippen LogP) is 3.23. The van der Waals surface area contributed by atoms with Gasteiger partial charge < -0.3 is 9.47 Å². The molecule has 0 fully saturated rings. The molecule has 0 aliphatic carbocycles. The van der Waals surface area contributed by atoms with Gasteiger partial charge in [0.05, 0.1) is 6.10 Å². The lowest BCUT2D eigenvalue weighted by molar-refractivity contribution is -0.109. The molecule has 78 valence electrons. The maximum atomic E-state index is 5.65. The molecule has 0 N–H and O–H groups in total. The summed E-state index contributed by atoms with van der Waals surface area (Å²) in [6.45, 7) is 6.07. The molecule has 1 atom stereocenters. The molecule has 0 aromatic heterocycles. The number of benzene rings is 1. The van der Waals surface area contributed by atoms with Crippen LogP contribution in [0.15, 0.2) is 30.3 Å². The molecule has 1 rings (SSSR count). The van der Waals surface area contributed by atoms with E-state index in [4.69, 9.17) is 9.47 Å². The van der Waals surface area contributed by atoms with Crippen LogP contribution < -0.4 is 4.74 Å². The molecule has 1 aromatic rings. The average Bonchev–Trinajstić information content (AvgIpc) is 2.17. The van der Waals surface area contributed by atoms with Gasteiger partial charge in [-0.3, -0.25) is 0 Å². The van der Waals surface area contributed by atoms with Crippen molar-refractivity contribution in [1.29, 1.82) is 0 Å². The van der Waals surface area contributed by atoms with Crippen molar-refractivity contribution in [2.45, 2.75) is 39.6 Å². The Morgan fingerprint density at radius 3 is 2.29 bits per heavy atom. The molecule has 0 amide bonds. The molecule has 0 bridgehead atoms. The molecule has 1 aromatic carbocycles. The zero-order valence-corrected chi connectivity index (χ0v) is 9.07. The SMILES string of the molecule is CCC(Oc1ccccc1)OC(C)C. The summed E-state index contributed by atoms with van der Waals surface area (Å²) in [7, 11) is 0. The van der Waals surface area contributed by atoms with Crippen molar-refractivity contribution in [3.63, 3.8) is 0 Å². The van der Waals surface area contributed by atoms with Gasteiger partial charge in [-0.15, -0.1) is 0 Å². The number of ether oxygens (including phenoxy) is 2. The van der Waals surface area contributed by atoms with Crippen molar-refractivity contribution in [2.75, 3.05) is 0 Å². The maximum Gasteiger partial charge on any atom is 0.199 e. The van der Waals surface area contributed by atoms with Gasteiger partial charge in [-0.2, -0.15) is 0 Å². The first kappa shape index (κ1) is 11.1. The van der Waals surface area contributed by atoms with Crippen LogP contribution in [0.3, 0.4) is 0 Å². The van der Waals surface area contributed by atoms with Gasteiger partial charge in [0.25, 0.3) is 0 Å². The van der Waals surface area contributed by atoms with Gasteiger partial charge in [0.1, 0.15) is 5.75 Å². The van der Waals surface area contributed by atoms with E-state index in [2.05, 4.69) is 6.92 Å². The Morgan fingerprint density at radius 2 is 1.79 bits per heavy atom. The molecule has 0 saturated carbocycles. The molecule has 0 radical (unpaired) electrons. The lowest BCUT2D eigenvalue weighted by Gasteiger charge is -2.20. The van der Waals surface area contributed by atoms with Crippen LogP contribution in [0.1, 0.15) is 27.2 Å². The number of para-hydroxylation sites is 1. The Morgan fingerprint density at radius 1 is 1.14 bits per heavy atom. The number of hydrogen-bond donors (Lipinski definition) is 0. The third-order valence-corrected chi connectivity index (χ3v) is 1.77. The van der Waals surface area contributed by atoms with Crippen LogP contribution in [0.25, 0.3) is 0 Å². The Labute approximate surface area is 85.8 Å². The average molecular weight is 194 g/mol. The first-order valence-corrected chi connectivity index (χ1v) is 5.09. The van der Waals surface area contributed by atoms with E-state index in [1.165, 1.54) is 0 Å². The summed E-state index contributed by atoms with van der Waals surface area (Å²) in [5, 5.41) is 0. The monoisotopic (exact) mass is 194 g/mol. The Kier molecular flexibility index (Phi) is 4.47. The van der Waals surface area contributed by atoms with Crippen molar-refractivity contribution in [3.05, 3.63) is 30.3 Å². The standard InChI is InChI=1S/C12H18O2/c1-4-12(13-10(2)3)14-11-8-6-5-7-9-11/h5-10,12H,4H2,1-3H3. The van der Waals surface area contributed by atoms with Crippen molar-refractivity contribution in [1.82, 2.24) is 0 Å². The van der Waals surface area contributed by atoms with Crippen molar-refractivity contribution in [2.24, 2.45) is 0 Å². The summed E-state index contributed by atoms with van der Waals surface area (Å²) in [5.74, 6) is 0.861. The third kappa shape index (κ3) is 3.79. The molecule has 0 saturated heterocycles. The van der Waals surface area contributed by atoms with Gasteiger partial charge >= 0.3 is 0 Å². The van der Waals surface area contributed by atoms with Crippen LogP contribution >= 0.6 is 0 Å².